The summed E-state index contributed by atoms with van der Waals surface area (Å²) in [7, 11) is 0. The first kappa shape index (κ1) is 13.3. The van der Waals surface area contributed by atoms with Crippen LogP contribution in [0.4, 0.5) is 5.69 Å². The Morgan fingerprint density at radius 3 is 2.17 bits per heavy atom. The molecule has 0 aliphatic carbocycles. The molecule has 2 heterocycles. The highest BCUT2D eigenvalue weighted by atomic mass is 16.7. The number of rotatable bonds is 1. The van der Waals surface area contributed by atoms with Gasteiger partial charge in [0.25, 0.3) is 0 Å². The van der Waals surface area contributed by atoms with E-state index in [4.69, 9.17) is 9.47 Å². The molecule has 0 aromatic heterocycles. The lowest BCUT2D eigenvalue weighted by atomic mass is 9.96. The topological polar surface area (TPSA) is 30.5 Å². The zero-order chi connectivity index (χ0) is 16.0. The maximum absolute atomic E-state index is 6.33. The fourth-order valence-electron chi connectivity index (χ4n) is 3.23. The van der Waals surface area contributed by atoms with E-state index in [-0.39, 0.29) is 0 Å². The van der Waals surface area contributed by atoms with E-state index in [9.17, 15) is 0 Å². The minimum absolute atomic E-state index is 0.790. The van der Waals surface area contributed by atoms with E-state index in [0.29, 0.717) is 0 Å². The summed E-state index contributed by atoms with van der Waals surface area (Å²) in [4.78, 5) is 0. The van der Waals surface area contributed by atoms with Crippen LogP contribution in [-0.4, -0.2) is 5.91 Å². The molecule has 2 aliphatic heterocycles. The number of benzene rings is 3. The van der Waals surface area contributed by atoms with Crippen LogP contribution in [0.25, 0.3) is 11.6 Å². The Balaban J connectivity index is 1.70. The SMILES string of the molecule is C1=C(c2ccccc2)C2(Nc3ccccc3O2)Oc2ccccc21. The number of nitrogens with one attached hydrogen (secondary N) is 1. The Morgan fingerprint density at radius 1 is 0.667 bits per heavy atom. The molecule has 3 heteroatoms. The molecule has 0 saturated heterocycles. The van der Waals surface area contributed by atoms with Crippen molar-refractivity contribution in [2.24, 2.45) is 0 Å². The molecule has 116 valence electrons. The third-order valence-corrected chi connectivity index (χ3v) is 4.35. The zero-order valence-corrected chi connectivity index (χ0v) is 12.9. The largest absolute Gasteiger partial charge is 0.431 e. The van der Waals surface area contributed by atoms with Crippen molar-refractivity contribution in [3.63, 3.8) is 0 Å². The average Bonchev–Trinajstić information content (AvgIpc) is 3.00. The lowest BCUT2D eigenvalue weighted by Gasteiger charge is -2.35. The van der Waals surface area contributed by atoms with Crippen molar-refractivity contribution in [1.29, 1.82) is 0 Å². The summed E-state index contributed by atoms with van der Waals surface area (Å²) in [6.45, 7) is 0. The maximum atomic E-state index is 6.33. The summed E-state index contributed by atoms with van der Waals surface area (Å²) in [6.07, 6.45) is 2.13. The Morgan fingerprint density at radius 2 is 1.33 bits per heavy atom. The monoisotopic (exact) mass is 313 g/mol. The molecule has 0 fully saturated rings. The van der Waals surface area contributed by atoms with Crippen LogP contribution in [0, 0.1) is 0 Å². The molecule has 0 radical (unpaired) electrons. The standard InChI is InChI=1S/C21H15NO2/c1-2-8-15(9-3-1)17-14-16-10-4-6-12-19(16)23-21(17)22-18-11-5-7-13-20(18)24-21/h1-14,22H. The first-order valence-electron chi connectivity index (χ1n) is 7.96. The molecule has 2 aliphatic rings. The van der Waals surface area contributed by atoms with E-state index in [1.54, 1.807) is 0 Å². The summed E-state index contributed by atoms with van der Waals surface area (Å²) in [5.41, 5.74) is 3.99. The zero-order valence-electron chi connectivity index (χ0n) is 12.9. The van der Waals surface area contributed by atoms with E-state index in [1.165, 1.54) is 0 Å². The van der Waals surface area contributed by atoms with Crippen molar-refractivity contribution in [2.45, 2.75) is 5.91 Å². The molecule has 0 saturated carbocycles. The number of anilines is 1. The van der Waals surface area contributed by atoms with Gasteiger partial charge in [-0.1, -0.05) is 60.7 Å². The summed E-state index contributed by atoms with van der Waals surface area (Å²) in [5.74, 6) is 0.551. The molecule has 1 atom stereocenters. The molecule has 3 nitrogen and oxygen atoms in total. The number of fused-ring (bicyclic) bond motifs is 2. The van der Waals surface area contributed by atoms with Gasteiger partial charge in [-0.05, 0) is 29.8 Å². The van der Waals surface area contributed by atoms with Gasteiger partial charge in [0.2, 0.25) is 0 Å². The van der Waals surface area contributed by atoms with Crippen LogP contribution in [0.3, 0.4) is 0 Å². The number of para-hydroxylation sites is 3. The van der Waals surface area contributed by atoms with Crippen molar-refractivity contribution < 1.29 is 9.47 Å². The van der Waals surface area contributed by atoms with Gasteiger partial charge >= 0.3 is 5.91 Å². The van der Waals surface area contributed by atoms with Crippen LogP contribution < -0.4 is 14.8 Å². The predicted molar refractivity (Wildman–Crippen MR) is 94.8 cm³/mol. The fraction of sp³-hybridized carbons (Fsp3) is 0.0476. The molecule has 1 spiro atoms. The van der Waals surface area contributed by atoms with Crippen LogP contribution in [0.1, 0.15) is 11.1 Å². The minimum atomic E-state index is -1.04. The van der Waals surface area contributed by atoms with Gasteiger partial charge in [-0.2, -0.15) is 0 Å². The third kappa shape index (κ3) is 1.91. The lowest BCUT2D eigenvalue weighted by molar-refractivity contribution is -0.0243. The molecule has 5 rings (SSSR count). The molecule has 1 N–H and O–H groups in total. The van der Waals surface area contributed by atoms with Crippen LogP contribution in [-0.2, 0) is 0 Å². The second-order valence-electron chi connectivity index (χ2n) is 5.90. The highest BCUT2D eigenvalue weighted by Gasteiger charge is 2.48. The Hall–Kier alpha value is -3.20. The molecular formula is C21H15NO2. The fourth-order valence-corrected chi connectivity index (χ4v) is 3.23. The smallest absolute Gasteiger partial charge is 0.365 e. The van der Waals surface area contributed by atoms with Gasteiger partial charge in [0.15, 0.2) is 0 Å². The number of hydrogen-bond acceptors (Lipinski definition) is 3. The maximum Gasteiger partial charge on any atom is 0.365 e. The molecule has 3 aromatic rings. The van der Waals surface area contributed by atoms with E-state index in [1.807, 2.05) is 66.7 Å². The van der Waals surface area contributed by atoms with Crippen molar-refractivity contribution in [3.8, 4) is 11.5 Å². The first-order chi connectivity index (χ1) is 11.8. The van der Waals surface area contributed by atoms with E-state index >= 15 is 0 Å². The number of hydrogen-bond donors (Lipinski definition) is 1. The molecule has 1 unspecified atom stereocenters. The molecule has 0 amide bonds. The van der Waals surface area contributed by atoms with Gasteiger partial charge in [-0.3, -0.25) is 0 Å². The van der Waals surface area contributed by atoms with Crippen molar-refractivity contribution in [2.75, 3.05) is 5.32 Å². The Bertz CT molecular complexity index is 922. The van der Waals surface area contributed by atoms with Crippen LogP contribution >= 0.6 is 0 Å². The van der Waals surface area contributed by atoms with Crippen LogP contribution in [0.15, 0.2) is 78.9 Å². The Kier molecular flexibility index (Phi) is 2.71. The van der Waals surface area contributed by atoms with E-state index < -0.39 is 5.91 Å². The second kappa shape index (κ2) is 4.90. The highest BCUT2D eigenvalue weighted by molar-refractivity contribution is 5.91. The van der Waals surface area contributed by atoms with Gasteiger partial charge in [0.1, 0.15) is 11.5 Å². The van der Waals surface area contributed by atoms with Crippen LogP contribution in [0.5, 0.6) is 11.5 Å². The minimum Gasteiger partial charge on any atom is -0.431 e. The average molecular weight is 313 g/mol. The molecule has 3 aromatic carbocycles. The van der Waals surface area contributed by atoms with E-state index in [2.05, 4.69) is 23.5 Å². The molecular weight excluding hydrogens is 298 g/mol. The summed E-state index contributed by atoms with van der Waals surface area (Å²) < 4.78 is 12.6. The van der Waals surface area contributed by atoms with Crippen molar-refractivity contribution >= 4 is 17.3 Å². The van der Waals surface area contributed by atoms with Crippen molar-refractivity contribution in [3.05, 3.63) is 90.0 Å². The van der Waals surface area contributed by atoms with Gasteiger partial charge in [0, 0.05) is 5.56 Å². The summed E-state index contributed by atoms with van der Waals surface area (Å²) >= 11 is 0. The first-order valence-corrected chi connectivity index (χ1v) is 7.96. The lowest BCUT2D eigenvalue weighted by Crippen LogP contribution is -2.48. The quantitative estimate of drug-likeness (QED) is 0.701. The Labute approximate surface area is 140 Å². The molecule has 0 bridgehead atoms. The van der Waals surface area contributed by atoms with Gasteiger partial charge in [-0.25, -0.2) is 0 Å². The van der Waals surface area contributed by atoms with Gasteiger partial charge in [0.05, 0.1) is 11.3 Å². The van der Waals surface area contributed by atoms with Gasteiger partial charge < -0.3 is 14.8 Å². The second-order valence-corrected chi connectivity index (χ2v) is 5.90. The normalized spacial score (nSPS) is 20.2. The van der Waals surface area contributed by atoms with Crippen LogP contribution in [0.2, 0.25) is 0 Å². The number of ether oxygens (including phenoxy) is 2. The summed E-state index contributed by atoms with van der Waals surface area (Å²) in [5, 5.41) is 3.43. The van der Waals surface area contributed by atoms with Gasteiger partial charge in [-0.15, -0.1) is 0 Å². The molecule has 24 heavy (non-hydrogen) atoms. The third-order valence-electron chi connectivity index (χ3n) is 4.35. The predicted octanol–water partition coefficient (Wildman–Crippen LogP) is 4.78. The summed E-state index contributed by atoms with van der Waals surface area (Å²) in [6, 6.07) is 26.1. The van der Waals surface area contributed by atoms with E-state index in [0.717, 1.165) is 33.9 Å². The van der Waals surface area contributed by atoms with Crippen molar-refractivity contribution in [1.82, 2.24) is 0 Å². The highest BCUT2D eigenvalue weighted by Crippen LogP contribution is 2.47.